The average Bonchev–Trinajstić information content (AvgIpc) is 2.21. The predicted octanol–water partition coefficient (Wildman–Crippen LogP) is 2.26. The summed E-state index contributed by atoms with van der Waals surface area (Å²) in [5, 5.41) is 3.54. The molecule has 1 aliphatic heterocycles. The molecule has 3 heteroatoms. The molecule has 1 heterocycles. The highest BCUT2D eigenvalue weighted by molar-refractivity contribution is 4.85. The average molecular weight is 242 g/mol. The molecule has 0 amide bonds. The lowest BCUT2D eigenvalue weighted by atomic mass is 10.0. The minimum Gasteiger partial charge on any atom is -0.370 e. The van der Waals surface area contributed by atoms with Crippen LogP contribution in [-0.2, 0) is 4.74 Å². The van der Waals surface area contributed by atoms with Gasteiger partial charge in [0.25, 0.3) is 0 Å². The molecular formula is C14H30N2O. The summed E-state index contributed by atoms with van der Waals surface area (Å²) in [6, 6.07) is 0.595. The van der Waals surface area contributed by atoms with E-state index in [4.69, 9.17) is 4.74 Å². The van der Waals surface area contributed by atoms with Gasteiger partial charge in [0.1, 0.15) is 0 Å². The Labute approximate surface area is 107 Å². The van der Waals surface area contributed by atoms with Gasteiger partial charge < -0.3 is 10.1 Å². The molecular weight excluding hydrogens is 212 g/mol. The van der Waals surface area contributed by atoms with E-state index in [1.807, 2.05) is 0 Å². The molecule has 102 valence electrons. The lowest BCUT2D eigenvalue weighted by Gasteiger charge is -2.44. The van der Waals surface area contributed by atoms with E-state index in [1.54, 1.807) is 0 Å². The van der Waals surface area contributed by atoms with Gasteiger partial charge in [-0.2, -0.15) is 0 Å². The zero-order chi connectivity index (χ0) is 12.9. The van der Waals surface area contributed by atoms with Crippen LogP contribution in [0.4, 0.5) is 0 Å². The molecule has 0 radical (unpaired) electrons. The Bertz CT molecular complexity index is 218. The van der Waals surface area contributed by atoms with Crippen molar-refractivity contribution in [3.05, 3.63) is 0 Å². The van der Waals surface area contributed by atoms with Crippen molar-refractivity contribution in [1.82, 2.24) is 10.2 Å². The Morgan fingerprint density at radius 3 is 2.76 bits per heavy atom. The van der Waals surface area contributed by atoms with E-state index >= 15 is 0 Å². The second-order valence-electron chi connectivity index (χ2n) is 6.02. The van der Waals surface area contributed by atoms with Crippen LogP contribution in [0.1, 0.15) is 47.5 Å². The van der Waals surface area contributed by atoms with Crippen molar-refractivity contribution >= 4 is 0 Å². The largest absolute Gasteiger partial charge is 0.370 e. The second-order valence-corrected chi connectivity index (χ2v) is 6.02. The molecule has 2 atom stereocenters. The highest BCUT2D eigenvalue weighted by Crippen LogP contribution is 2.22. The Balaban J connectivity index is 2.32. The Morgan fingerprint density at radius 1 is 1.47 bits per heavy atom. The van der Waals surface area contributed by atoms with Gasteiger partial charge in [-0.15, -0.1) is 0 Å². The fraction of sp³-hybridized carbons (Fsp3) is 1.00. The normalized spacial score (nSPS) is 27.0. The van der Waals surface area contributed by atoms with Gasteiger partial charge in [-0.1, -0.05) is 13.3 Å². The molecule has 0 aromatic rings. The Kier molecular flexibility index (Phi) is 5.90. The Morgan fingerprint density at radius 2 is 2.18 bits per heavy atom. The van der Waals surface area contributed by atoms with Crippen molar-refractivity contribution in [1.29, 1.82) is 0 Å². The quantitative estimate of drug-likeness (QED) is 0.723. The summed E-state index contributed by atoms with van der Waals surface area (Å²) in [5.41, 5.74) is -0.00462. The van der Waals surface area contributed by atoms with E-state index in [0.29, 0.717) is 12.1 Å². The van der Waals surface area contributed by atoms with Crippen LogP contribution in [-0.4, -0.2) is 48.8 Å². The number of ether oxygens (including phenoxy) is 1. The number of unbranched alkanes of at least 4 members (excludes halogenated alkanes) is 1. The highest BCUT2D eigenvalue weighted by atomic mass is 16.5. The van der Waals surface area contributed by atoms with Crippen LogP contribution in [0.2, 0.25) is 0 Å². The van der Waals surface area contributed by atoms with Crippen LogP contribution in [0.5, 0.6) is 0 Å². The molecule has 0 spiro atoms. The van der Waals surface area contributed by atoms with Gasteiger partial charge in [-0.25, -0.2) is 0 Å². The first-order valence-corrected chi connectivity index (χ1v) is 7.07. The molecule has 0 aromatic heterocycles. The first kappa shape index (κ1) is 14.9. The third kappa shape index (κ3) is 5.36. The number of nitrogens with one attached hydrogen (secondary N) is 1. The molecule has 1 rings (SSSR count). The van der Waals surface area contributed by atoms with Crippen molar-refractivity contribution in [2.75, 3.05) is 26.2 Å². The maximum absolute atomic E-state index is 5.93. The van der Waals surface area contributed by atoms with Crippen molar-refractivity contribution in [2.45, 2.75) is 65.2 Å². The van der Waals surface area contributed by atoms with Crippen molar-refractivity contribution in [2.24, 2.45) is 0 Å². The van der Waals surface area contributed by atoms with Crippen LogP contribution in [0.25, 0.3) is 0 Å². The summed E-state index contributed by atoms with van der Waals surface area (Å²) in [7, 11) is 0. The second kappa shape index (κ2) is 6.72. The van der Waals surface area contributed by atoms with Gasteiger partial charge in [0, 0.05) is 25.7 Å². The van der Waals surface area contributed by atoms with E-state index in [-0.39, 0.29) is 5.60 Å². The molecule has 0 saturated carbocycles. The lowest BCUT2D eigenvalue weighted by Crippen LogP contribution is -2.56. The zero-order valence-electron chi connectivity index (χ0n) is 12.3. The molecule has 2 unspecified atom stereocenters. The van der Waals surface area contributed by atoms with E-state index in [0.717, 1.165) is 26.2 Å². The number of rotatable bonds is 6. The van der Waals surface area contributed by atoms with Gasteiger partial charge >= 0.3 is 0 Å². The van der Waals surface area contributed by atoms with E-state index in [1.165, 1.54) is 12.8 Å². The summed E-state index contributed by atoms with van der Waals surface area (Å²) in [6.07, 6.45) is 2.89. The topological polar surface area (TPSA) is 24.5 Å². The lowest BCUT2D eigenvalue weighted by molar-refractivity contribution is -0.136. The molecule has 0 bridgehead atoms. The van der Waals surface area contributed by atoms with Gasteiger partial charge in [0.15, 0.2) is 0 Å². The number of hydrogen-bond acceptors (Lipinski definition) is 3. The molecule has 1 fully saturated rings. The minimum absolute atomic E-state index is 0.00462. The summed E-state index contributed by atoms with van der Waals surface area (Å²) in [6.45, 7) is 15.4. The third-order valence-electron chi connectivity index (χ3n) is 3.37. The zero-order valence-corrected chi connectivity index (χ0v) is 12.3. The standard InChI is InChI=1S/C14H30N2O/c1-6-7-8-15-9-12(2)16-10-13(3)17-14(4,5)11-16/h12-13,15H,6-11H2,1-5H3. The molecule has 0 aromatic carbocycles. The van der Waals surface area contributed by atoms with Crippen molar-refractivity contribution in [3.8, 4) is 0 Å². The highest BCUT2D eigenvalue weighted by Gasteiger charge is 2.33. The van der Waals surface area contributed by atoms with E-state index < -0.39 is 0 Å². The van der Waals surface area contributed by atoms with Crippen molar-refractivity contribution < 1.29 is 4.74 Å². The molecule has 1 N–H and O–H groups in total. The maximum atomic E-state index is 5.93. The first-order valence-electron chi connectivity index (χ1n) is 7.07. The number of hydrogen-bond donors (Lipinski definition) is 1. The van der Waals surface area contributed by atoms with Crippen LogP contribution in [0, 0.1) is 0 Å². The molecule has 3 nitrogen and oxygen atoms in total. The Hall–Kier alpha value is -0.120. The predicted molar refractivity (Wildman–Crippen MR) is 73.4 cm³/mol. The molecule has 1 aliphatic rings. The van der Waals surface area contributed by atoms with Gasteiger partial charge in [0.05, 0.1) is 11.7 Å². The van der Waals surface area contributed by atoms with Crippen LogP contribution in [0.15, 0.2) is 0 Å². The maximum Gasteiger partial charge on any atom is 0.0757 e. The summed E-state index contributed by atoms with van der Waals surface area (Å²) in [5.74, 6) is 0. The summed E-state index contributed by atoms with van der Waals surface area (Å²) in [4.78, 5) is 2.55. The number of morpholine rings is 1. The van der Waals surface area contributed by atoms with Gasteiger partial charge in [-0.3, -0.25) is 4.90 Å². The molecule has 17 heavy (non-hydrogen) atoms. The monoisotopic (exact) mass is 242 g/mol. The van der Waals surface area contributed by atoms with E-state index in [2.05, 4.69) is 44.8 Å². The molecule has 0 aliphatic carbocycles. The van der Waals surface area contributed by atoms with Crippen LogP contribution >= 0.6 is 0 Å². The van der Waals surface area contributed by atoms with E-state index in [9.17, 15) is 0 Å². The van der Waals surface area contributed by atoms with Crippen LogP contribution in [0.3, 0.4) is 0 Å². The summed E-state index contributed by atoms with van der Waals surface area (Å²) >= 11 is 0. The summed E-state index contributed by atoms with van der Waals surface area (Å²) < 4.78 is 5.93. The SMILES string of the molecule is CCCCNCC(C)N1CC(C)OC(C)(C)C1. The van der Waals surface area contributed by atoms with Crippen LogP contribution < -0.4 is 5.32 Å². The first-order chi connectivity index (χ1) is 7.94. The fourth-order valence-electron chi connectivity index (χ4n) is 2.58. The van der Waals surface area contributed by atoms with Gasteiger partial charge in [-0.05, 0) is 40.7 Å². The molecule has 1 saturated heterocycles. The van der Waals surface area contributed by atoms with Gasteiger partial charge in [0.2, 0.25) is 0 Å². The number of nitrogens with zero attached hydrogens (tertiary/aromatic N) is 1. The minimum atomic E-state index is -0.00462. The fourth-order valence-corrected chi connectivity index (χ4v) is 2.58. The third-order valence-corrected chi connectivity index (χ3v) is 3.37. The van der Waals surface area contributed by atoms with Crippen molar-refractivity contribution in [3.63, 3.8) is 0 Å². The smallest absolute Gasteiger partial charge is 0.0757 e.